The van der Waals surface area contributed by atoms with Crippen LogP contribution in [-0.2, 0) is 0 Å². The molecular weight excluding hydrogens is 150 g/mol. The van der Waals surface area contributed by atoms with E-state index < -0.39 is 0 Å². The monoisotopic (exact) mass is 165 g/mol. The van der Waals surface area contributed by atoms with Crippen molar-refractivity contribution in [2.45, 2.75) is 19.3 Å². The topological polar surface area (TPSA) is 46.2 Å². The van der Waals surface area contributed by atoms with E-state index in [0.29, 0.717) is 5.92 Å². The highest BCUT2D eigenvalue weighted by Crippen LogP contribution is 2.23. The van der Waals surface area contributed by atoms with Gasteiger partial charge in [-0.1, -0.05) is 25.1 Å². The highest BCUT2D eigenvalue weighted by molar-refractivity contribution is 5.48. The number of aliphatic hydroxyl groups excluding tert-OH is 1. The SMILES string of the molecule is CC(CCO)c1ccccc1N. The van der Waals surface area contributed by atoms with Crippen LogP contribution in [0.2, 0.25) is 0 Å². The summed E-state index contributed by atoms with van der Waals surface area (Å²) < 4.78 is 0. The second kappa shape index (κ2) is 4.12. The second-order valence-electron chi connectivity index (χ2n) is 3.04. The molecule has 1 rings (SSSR count). The lowest BCUT2D eigenvalue weighted by Crippen LogP contribution is -2.00. The lowest BCUT2D eigenvalue weighted by atomic mass is 9.97. The lowest BCUT2D eigenvalue weighted by Gasteiger charge is -2.12. The fourth-order valence-corrected chi connectivity index (χ4v) is 1.31. The maximum atomic E-state index is 8.75. The molecule has 1 aromatic rings. The number of hydrogen-bond donors (Lipinski definition) is 2. The Hall–Kier alpha value is -1.02. The normalized spacial score (nSPS) is 12.8. The van der Waals surface area contributed by atoms with Gasteiger partial charge in [0, 0.05) is 12.3 Å². The fraction of sp³-hybridized carbons (Fsp3) is 0.400. The smallest absolute Gasteiger partial charge is 0.0436 e. The molecular formula is C10H15NO. The highest BCUT2D eigenvalue weighted by atomic mass is 16.3. The molecule has 0 aliphatic heterocycles. The standard InChI is InChI=1S/C10H15NO/c1-8(6-7-12)9-4-2-3-5-10(9)11/h2-5,8,12H,6-7,11H2,1H3. The lowest BCUT2D eigenvalue weighted by molar-refractivity contribution is 0.279. The van der Waals surface area contributed by atoms with E-state index in [4.69, 9.17) is 10.8 Å². The van der Waals surface area contributed by atoms with Gasteiger partial charge in [-0.2, -0.15) is 0 Å². The van der Waals surface area contributed by atoms with Gasteiger partial charge in [-0.3, -0.25) is 0 Å². The van der Waals surface area contributed by atoms with E-state index in [-0.39, 0.29) is 6.61 Å². The molecule has 0 radical (unpaired) electrons. The van der Waals surface area contributed by atoms with Gasteiger partial charge in [-0.15, -0.1) is 0 Å². The summed E-state index contributed by atoms with van der Waals surface area (Å²) in [6, 6.07) is 7.79. The molecule has 0 spiro atoms. The van der Waals surface area contributed by atoms with E-state index in [9.17, 15) is 0 Å². The third kappa shape index (κ3) is 1.98. The van der Waals surface area contributed by atoms with Crippen molar-refractivity contribution in [2.75, 3.05) is 12.3 Å². The van der Waals surface area contributed by atoms with Crippen molar-refractivity contribution in [1.29, 1.82) is 0 Å². The fourth-order valence-electron chi connectivity index (χ4n) is 1.31. The number of nitrogen functional groups attached to an aromatic ring is 1. The maximum absolute atomic E-state index is 8.75. The van der Waals surface area contributed by atoms with Crippen molar-refractivity contribution in [3.05, 3.63) is 29.8 Å². The van der Waals surface area contributed by atoms with Crippen molar-refractivity contribution in [3.8, 4) is 0 Å². The van der Waals surface area contributed by atoms with Gasteiger partial charge in [-0.05, 0) is 24.0 Å². The molecule has 12 heavy (non-hydrogen) atoms. The number of nitrogens with two attached hydrogens (primary N) is 1. The summed E-state index contributed by atoms with van der Waals surface area (Å²) in [6.07, 6.45) is 0.772. The summed E-state index contributed by atoms with van der Waals surface area (Å²) in [5.41, 5.74) is 7.72. The van der Waals surface area contributed by atoms with Crippen LogP contribution < -0.4 is 5.73 Å². The molecule has 0 heterocycles. The molecule has 1 aromatic carbocycles. The second-order valence-corrected chi connectivity index (χ2v) is 3.04. The molecule has 2 heteroatoms. The van der Waals surface area contributed by atoms with Crippen LogP contribution in [-0.4, -0.2) is 11.7 Å². The molecule has 2 nitrogen and oxygen atoms in total. The Morgan fingerprint density at radius 2 is 2.08 bits per heavy atom. The highest BCUT2D eigenvalue weighted by Gasteiger charge is 2.06. The summed E-state index contributed by atoms with van der Waals surface area (Å²) in [4.78, 5) is 0. The predicted molar refractivity (Wildman–Crippen MR) is 51.0 cm³/mol. The maximum Gasteiger partial charge on any atom is 0.0436 e. The van der Waals surface area contributed by atoms with Crippen LogP contribution in [0.4, 0.5) is 5.69 Å². The van der Waals surface area contributed by atoms with Crippen molar-refractivity contribution in [1.82, 2.24) is 0 Å². The molecule has 0 aliphatic rings. The minimum Gasteiger partial charge on any atom is -0.398 e. The van der Waals surface area contributed by atoms with E-state index in [1.54, 1.807) is 0 Å². The Morgan fingerprint density at radius 1 is 1.42 bits per heavy atom. The van der Waals surface area contributed by atoms with E-state index in [0.717, 1.165) is 17.7 Å². The first-order valence-electron chi connectivity index (χ1n) is 4.21. The molecule has 0 fully saturated rings. The number of benzene rings is 1. The van der Waals surface area contributed by atoms with Gasteiger partial charge in [-0.25, -0.2) is 0 Å². The van der Waals surface area contributed by atoms with Gasteiger partial charge >= 0.3 is 0 Å². The van der Waals surface area contributed by atoms with Gasteiger partial charge in [0.15, 0.2) is 0 Å². The van der Waals surface area contributed by atoms with Gasteiger partial charge in [0.2, 0.25) is 0 Å². The van der Waals surface area contributed by atoms with Gasteiger partial charge in [0.1, 0.15) is 0 Å². The molecule has 0 aromatic heterocycles. The van der Waals surface area contributed by atoms with Crippen molar-refractivity contribution < 1.29 is 5.11 Å². The van der Waals surface area contributed by atoms with Crippen LogP contribution in [0, 0.1) is 0 Å². The van der Waals surface area contributed by atoms with Crippen LogP contribution in [0.1, 0.15) is 24.8 Å². The van der Waals surface area contributed by atoms with E-state index in [1.807, 2.05) is 24.3 Å². The molecule has 3 N–H and O–H groups in total. The summed E-state index contributed by atoms with van der Waals surface area (Å²) in [7, 11) is 0. The number of hydrogen-bond acceptors (Lipinski definition) is 2. The van der Waals surface area contributed by atoms with Crippen LogP contribution in [0.25, 0.3) is 0 Å². The molecule has 1 unspecified atom stereocenters. The Kier molecular flexibility index (Phi) is 3.11. The van der Waals surface area contributed by atoms with Crippen molar-refractivity contribution >= 4 is 5.69 Å². The average Bonchev–Trinajstić information content (AvgIpc) is 2.05. The van der Waals surface area contributed by atoms with E-state index in [1.165, 1.54) is 0 Å². The molecule has 0 bridgehead atoms. The zero-order valence-electron chi connectivity index (χ0n) is 7.33. The molecule has 0 amide bonds. The van der Waals surface area contributed by atoms with Gasteiger partial charge in [0.05, 0.1) is 0 Å². The Morgan fingerprint density at radius 3 is 2.67 bits per heavy atom. The zero-order chi connectivity index (χ0) is 8.97. The third-order valence-electron chi connectivity index (χ3n) is 2.09. The van der Waals surface area contributed by atoms with Gasteiger partial charge in [0.25, 0.3) is 0 Å². The van der Waals surface area contributed by atoms with Crippen molar-refractivity contribution in [2.24, 2.45) is 0 Å². The molecule has 0 aliphatic carbocycles. The average molecular weight is 165 g/mol. The van der Waals surface area contributed by atoms with Crippen molar-refractivity contribution in [3.63, 3.8) is 0 Å². The Balaban J connectivity index is 2.79. The summed E-state index contributed by atoms with van der Waals surface area (Å²) in [6.45, 7) is 2.29. The first-order valence-corrected chi connectivity index (χ1v) is 4.21. The first kappa shape index (κ1) is 9.07. The van der Waals surface area contributed by atoms with Crippen LogP contribution in [0.3, 0.4) is 0 Å². The number of rotatable bonds is 3. The third-order valence-corrected chi connectivity index (χ3v) is 2.09. The first-order chi connectivity index (χ1) is 5.75. The number of anilines is 1. The minimum atomic E-state index is 0.218. The summed E-state index contributed by atoms with van der Waals surface area (Å²) >= 11 is 0. The van der Waals surface area contributed by atoms with E-state index >= 15 is 0 Å². The minimum absolute atomic E-state index is 0.218. The molecule has 0 saturated carbocycles. The van der Waals surface area contributed by atoms with Crippen LogP contribution in [0.5, 0.6) is 0 Å². The van der Waals surface area contributed by atoms with Gasteiger partial charge < -0.3 is 10.8 Å². The zero-order valence-corrected chi connectivity index (χ0v) is 7.33. The largest absolute Gasteiger partial charge is 0.398 e. The predicted octanol–water partition coefficient (Wildman–Crippen LogP) is 1.75. The number of aliphatic hydroxyl groups is 1. The molecule has 0 saturated heterocycles. The van der Waals surface area contributed by atoms with Crippen LogP contribution in [0.15, 0.2) is 24.3 Å². The molecule has 66 valence electrons. The van der Waals surface area contributed by atoms with Crippen LogP contribution >= 0.6 is 0 Å². The Labute approximate surface area is 73.0 Å². The summed E-state index contributed by atoms with van der Waals surface area (Å²) in [5, 5.41) is 8.75. The summed E-state index contributed by atoms with van der Waals surface area (Å²) in [5.74, 6) is 0.344. The molecule has 1 atom stereocenters. The number of para-hydroxylation sites is 1. The van der Waals surface area contributed by atoms with E-state index in [2.05, 4.69) is 6.92 Å². The Bertz CT molecular complexity index is 247. The quantitative estimate of drug-likeness (QED) is 0.670.